The molecule has 3 N–H and O–H groups in total. The summed E-state index contributed by atoms with van der Waals surface area (Å²) in [5.41, 5.74) is 0.341. The smallest absolute Gasteiger partial charge is 0.261 e. The van der Waals surface area contributed by atoms with Crippen LogP contribution in [0.2, 0.25) is 0 Å². The zero-order valence-electron chi connectivity index (χ0n) is 16.4. The Morgan fingerprint density at radius 3 is 2.36 bits per heavy atom. The SMILES string of the molecule is Cc1ccc2c(c1)C(O)(CC(=O)c1ccc(NC(=O)C(C)(C)C)cc1)C(=O)N2. The Kier molecular flexibility index (Phi) is 4.85. The summed E-state index contributed by atoms with van der Waals surface area (Å²) in [6.45, 7) is 7.29. The molecule has 2 aromatic carbocycles. The second-order valence-corrected chi connectivity index (χ2v) is 8.24. The summed E-state index contributed by atoms with van der Waals surface area (Å²) in [6.07, 6.45) is -0.358. The molecule has 6 heteroatoms. The van der Waals surface area contributed by atoms with E-state index in [1.807, 2.05) is 33.8 Å². The van der Waals surface area contributed by atoms with E-state index in [4.69, 9.17) is 0 Å². The number of anilines is 2. The van der Waals surface area contributed by atoms with Gasteiger partial charge in [-0.25, -0.2) is 0 Å². The first-order valence-electron chi connectivity index (χ1n) is 9.10. The van der Waals surface area contributed by atoms with E-state index in [-0.39, 0.29) is 18.1 Å². The Bertz CT molecular complexity index is 957. The summed E-state index contributed by atoms with van der Waals surface area (Å²) in [7, 11) is 0. The summed E-state index contributed by atoms with van der Waals surface area (Å²) in [6, 6.07) is 11.7. The highest BCUT2D eigenvalue weighted by Gasteiger charge is 2.46. The van der Waals surface area contributed by atoms with Gasteiger partial charge in [-0.05, 0) is 37.3 Å². The molecule has 0 fully saturated rings. The first kappa shape index (κ1) is 19.8. The molecule has 0 aromatic heterocycles. The molecule has 0 aliphatic carbocycles. The van der Waals surface area contributed by atoms with E-state index < -0.39 is 16.9 Å². The van der Waals surface area contributed by atoms with Crippen molar-refractivity contribution in [1.29, 1.82) is 0 Å². The van der Waals surface area contributed by atoms with Gasteiger partial charge in [0.15, 0.2) is 11.4 Å². The Morgan fingerprint density at radius 1 is 1.11 bits per heavy atom. The second-order valence-electron chi connectivity index (χ2n) is 8.24. The summed E-state index contributed by atoms with van der Waals surface area (Å²) in [5.74, 6) is -1.09. The van der Waals surface area contributed by atoms with E-state index in [2.05, 4.69) is 10.6 Å². The molecule has 2 aromatic rings. The summed E-state index contributed by atoms with van der Waals surface area (Å²) in [4.78, 5) is 37.1. The molecular formula is C22H24N2O4. The first-order valence-corrected chi connectivity index (χ1v) is 9.10. The molecule has 146 valence electrons. The third-order valence-electron chi connectivity index (χ3n) is 4.81. The Hall–Kier alpha value is -2.99. The average Bonchev–Trinajstić information content (AvgIpc) is 2.85. The minimum absolute atomic E-state index is 0.129. The predicted molar refractivity (Wildman–Crippen MR) is 107 cm³/mol. The maximum absolute atomic E-state index is 12.7. The van der Waals surface area contributed by atoms with E-state index in [1.165, 1.54) is 0 Å². The zero-order chi connectivity index (χ0) is 20.7. The lowest BCUT2D eigenvalue weighted by Crippen LogP contribution is -2.36. The van der Waals surface area contributed by atoms with Gasteiger partial charge in [0.25, 0.3) is 5.91 Å². The predicted octanol–water partition coefficient (Wildman–Crippen LogP) is 3.39. The molecule has 1 aliphatic rings. The van der Waals surface area contributed by atoms with E-state index >= 15 is 0 Å². The summed E-state index contributed by atoms with van der Waals surface area (Å²) >= 11 is 0. The van der Waals surface area contributed by atoms with Crippen molar-refractivity contribution in [2.24, 2.45) is 5.41 Å². The number of carbonyl (C=O) groups excluding carboxylic acids is 3. The van der Waals surface area contributed by atoms with Crippen molar-refractivity contribution < 1.29 is 19.5 Å². The fourth-order valence-electron chi connectivity index (χ4n) is 3.03. The van der Waals surface area contributed by atoms with Crippen LogP contribution >= 0.6 is 0 Å². The number of ketones is 1. The lowest BCUT2D eigenvalue weighted by atomic mass is 9.87. The highest BCUT2D eigenvalue weighted by atomic mass is 16.3. The van der Waals surface area contributed by atoms with Crippen LogP contribution in [0.4, 0.5) is 11.4 Å². The van der Waals surface area contributed by atoms with Gasteiger partial charge in [-0.2, -0.15) is 0 Å². The topological polar surface area (TPSA) is 95.5 Å². The number of carbonyl (C=O) groups is 3. The fourth-order valence-corrected chi connectivity index (χ4v) is 3.03. The second kappa shape index (κ2) is 6.87. The van der Waals surface area contributed by atoms with Crippen molar-refractivity contribution in [3.05, 3.63) is 59.2 Å². The number of nitrogens with one attached hydrogen (secondary N) is 2. The van der Waals surface area contributed by atoms with E-state index in [9.17, 15) is 19.5 Å². The third-order valence-corrected chi connectivity index (χ3v) is 4.81. The fraction of sp³-hybridized carbons (Fsp3) is 0.318. The average molecular weight is 380 g/mol. The van der Waals surface area contributed by atoms with Gasteiger partial charge in [-0.3, -0.25) is 14.4 Å². The van der Waals surface area contributed by atoms with Gasteiger partial charge in [0.1, 0.15) is 0 Å². The van der Waals surface area contributed by atoms with Crippen molar-refractivity contribution in [3.8, 4) is 0 Å². The number of rotatable bonds is 4. The number of Topliss-reactive ketones (excluding diaryl/α,β-unsaturated/α-hetero) is 1. The van der Waals surface area contributed by atoms with Gasteiger partial charge >= 0.3 is 0 Å². The van der Waals surface area contributed by atoms with Gasteiger partial charge in [0, 0.05) is 27.9 Å². The van der Waals surface area contributed by atoms with Gasteiger partial charge < -0.3 is 15.7 Å². The normalized spacial score (nSPS) is 18.4. The number of fused-ring (bicyclic) bond motifs is 1. The van der Waals surface area contributed by atoms with Crippen LogP contribution < -0.4 is 10.6 Å². The quantitative estimate of drug-likeness (QED) is 0.709. The maximum Gasteiger partial charge on any atom is 0.261 e. The molecule has 1 heterocycles. The molecule has 0 spiro atoms. The van der Waals surface area contributed by atoms with Crippen LogP contribution in [-0.2, 0) is 15.2 Å². The molecule has 1 aliphatic heterocycles. The van der Waals surface area contributed by atoms with Crippen molar-refractivity contribution >= 4 is 29.0 Å². The molecule has 0 saturated carbocycles. The molecule has 28 heavy (non-hydrogen) atoms. The maximum atomic E-state index is 12.7. The van der Waals surface area contributed by atoms with Gasteiger partial charge in [0.05, 0.1) is 6.42 Å². The van der Waals surface area contributed by atoms with Crippen LogP contribution in [0.1, 0.15) is 48.7 Å². The van der Waals surface area contributed by atoms with Crippen LogP contribution in [0.3, 0.4) is 0 Å². The summed E-state index contributed by atoms with van der Waals surface area (Å²) in [5, 5.41) is 16.4. The largest absolute Gasteiger partial charge is 0.375 e. The van der Waals surface area contributed by atoms with Crippen molar-refractivity contribution in [1.82, 2.24) is 0 Å². The zero-order valence-corrected chi connectivity index (χ0v) is 16.4. The van der Waals surface area contributed by atoms with Gasteiger partial charge in [-0.1, -0.05) is 38.5 Å². The summed E-state index contributed by atoms with van der Waals surface area (Å²) < 4.78 is 0. The molecule has 3 rings (SSSR count). The van der Waals surface area contributed by atoms with Crippen molar-refractivity contribution in [2.45, 2.75) is 39.7 Å². The monoisotopic (exact) mass is 380 g/mol. The van der Waals surface area contributed by atoms with Gasteiger partial charge in [0.2, 0.25) is 5.91 Å². The van der Waals surface area contributed by atoms with E-state index in [0.717, 1.165) is 5.56 Å². The Morgan fingerprint density at radius 2 is 1.75 bits per heavy atom. The number of aryl methyl sites for hydroxylation is 1. The molecule has 6 nitrogen and oxygen atoms in total. The molecule has 0 saturated heterocycles. The Balaban J connectivity index is 1.78. The lowest BCUT2D eigenvalue weighted by molar-refractivity contribution is -0.133. The standard InChI is InChI=1S/C22H24N2O4/c1-13-5-10-17-16(11-13)22(28,20(27)24-17)12-18(25)14-6-8-15(9-7-14)23-19(26)21(2,3)4/h5-11,28H,12H2,1-4H3,(H,23,26)(H,24,27). The lowest BCUT2D eigenvalue weighted by Gasteiger charge is -2.20. The number of benzene rings is 2. The number of amides is 2. The minimum atomic E-state index is -1.89. The van der Waals surface area contributed by atoms with Crippen LogP contribution in [0, 0.1) is 12.3 Å². The number of hydrogen-bond acceptors (Lipinski definition) is 4. The van der Waals surface area contributed by atoms with Crippen LogP contribution in [0.5, 0.6) is 0 Å². The molecule has 0 radical (unpaired) electrons. The highest BCUT2D eigenvalue weighted by molar-refractivity contribution is 6.09. The van der Waals surface area contributed by atoms with Crippen molar-refractivity contribution in [2.75, 3.05) is 10.6 Å². The Labute approximate surface area is 164 Å². The molecule has 2 amide bonds. The van der Waals surface area contributed by atoms with Crippen LogP contribution in [0.15, 0.2) is 42.5 Å². The number of hydrogen-bond donors (Lipinski definition) is 3. The first-order chi connectivity index (χ1) is 13.0. The molecule has 0 bridgehead atoms. The van der Waals surface area contributed by atoms with Crippen LogP contribution in [0.25, 0.3) is 0 Å². The van der Waals surface area contributed by atoms with Crippen molar-refractivity contribution in [3.63, 3.8) is 0 Å². The van der Waals surface area contributed by atoms with Gasteiger partial charge in [-0.15, -0.1) is 0 Å². The highest BCUT2D eigenvalue weighted by Crippen LogP contribution is 2.39. The number of aliphatic hydroxyl groups is 1. The third kappa shape index (κ3) is 3.68. The molecular weight excluding hydrogens is 356 g/mol. The minimum Gasteiger partial charge on any atom is -0.375 e. The van der Waals surface area contributed by atoms with Crippen LogP contribution in [-0.4, -0.2) is 22.7 Å². The van der Waals surface area contributed by atoms with E-state index in [0.29, 0.717) is 22.5 Å². The molecule has 1 unspecified atom stereocenters. The molecule has 1 atom stereocenters. The van der Waals surface area contributed by atoms with E-state index in [1.54, 1.807) is 36.4 Å².